The molecule has 0 bridgehead atoms. The van der Waals surface area contributed by atoms with Gasteiger partial charge in [0.25, 0.3) is 0 Å². The van der Waals surface area contributed by atoms with Gasteiger partial charge in [0.15, 0.2) is 0 Å². The Morgan fingerprint density at radius 1 is 1.41 bits per heavy atom. The molecule has 1 fully saturated rings. The van der Waals surface area contributed by atoms with E-state index in [0.717, 1.165) is 36.2 Å². The van der Waals surface area contributed by atoms with Crippen molar-refractivity contribution in [2.24, 2.45) is 7.05 Å². The highest BCUT2D eigenvalue weighted by Gasteiger charge is 2.34. The first-order chi connectivity index (χ1) is 13.0. The highest BCUT2D eigenvalue weighted by Crippen LogP contribution is 2.24. The summed E-state index contributed by atoms with van der Waals surface area (Å²) in [5, 5.41) is 17.9. The third-order valence-corrected chi connectivity index (χ3v) is 5.01. The van der Waals surface area contributed by atoms with Crippen LogP contribution >= 0.6 is 0 Å². The minimum Gasteiger partial charge on any atom is -0.486 e. The largest absolute Gasteiger partial charge is 0.486 e. The summed E-state index contributed by atoms with van der Waals surface area (Å²) in [5.41, 5.74) is 2.82. The number of carbonyl (C=O) groups excluding carboxylic acids is 1. The lowest BCUT2D eigenvalue weighted by molar-refractivity contribution is -0.119. The van der Waals surface area contributed by atoms with Gasteiger partial charge in [0.05, 0.1) is 17.9 Å². The molecule has 1 saturated carbocycles. The van der Waals surface area contributed by atoms with Crippen molar-refractivity contribution in [2.75, 3.05) is 0 Å². The second-order valence-corrected chi connectivity index (χ2v) is 6.92. The van der Waals surface area contributed by atoms with E-state index >= 15 is 0 Å². The molecule has 2 aromatic rings. The molecule has 7 heteroatoms. The number of nitrogens with one attached hydrogen (secondary N) is 1. The van der Waals surface area contributed by atoms with Gasteiger partial charge in [-0.2, -0.15) is 5.10 Å². The van der Waals surface area contributed by atoms with E-state index < -0.39 is 6.10 Å². The van der Waals surface area contributed by atoms with Crippen molar-refractivity contribution < 1.29 is 14.6 Å². The molecule has 1 aliphatic rings. The van der Waals surface area contributed by atoms with Gasteiger partial charge in [0.2, 0.25) is 5.91 Å². The van der Waals surface area contributed by atoms with Crippen molar-refractivity contribution >= 4 is 12.0 Å². The zero-order valence-corrected chi connectivity index (χ0v) is 15.9. The van der Waals surface area contributed by atoms with Crippen LogP contribution in [0.1, 0.15) is 36.2 Å². The standard InChI is InChI=1S/C20H26N4O3/c1-13-16(14(2)24(3)23-13)9-10-19(25)22-17-7-4-8-18(20(17)26)27-15-6-5-11-21-12-15/h5-6,9-12,17-18,20,26H,4,7-8H2,1-3H3,(H,22,25)/t17-,18-,20-/m1/s1. The lowest BCUT2D eigenvalue weighted by Gasteiger charge is -2.35. The average molecular weight is 370 g/mol. The van der Waals surface area contributed by atoms with E-state index in [0.29, 0.717) is 5.75 Å². The number of aryl methyl sites for hydroxylation is 2. The molecule has 7 nitrogen and oxygen atoms in total. The van der Waals surface area contributed by atoms with Gasteiger partial charge in [-0.3, -0.25) is 14.5 Å². The minimum atomic E-state index is -0.766. The van der Waals surface area contributed by atoms with Crippen molar-refractivity contribution in [3.8, 4) is 5.75 Å². The van der Waals surface area contributed by atoms with Crippen LogP contribution in [0.3, 0.4) is 0 Å². The van der Waals surface area contributed by atoms with Crippen LogP contribution in [0.4, 0.5) is 0 Å². The normalized spacial score (nSPS) is 22.7. The van der Waals surface area contributed by atoms with E-state index in [2.05, 4.69) is 15.4 Å². The van der Waals surface area contributed by atoms with Crippen molar-refractivity contribution in [1.29, 1.82) is 0 Å². The second-order valence-electron chi connectivity index (χ2n) is 6.92. The van der Waals surface area contributed by atoms with E-state index in [1.54, 1.807) is 29.2 Å². The molecule has 0 saturated heterocycles. The summed E-state index contributed by atoms with van der Waals surface area (Å²) in [7, 11) is 1.88. The van der Waals surface area contributed by atoms with Gasteiger partial charge in [-0.1, -0.05) is 0 Å². The number of amides is 1. The molecule has 2 N–H and O–H groups in total. The third-order valence-electron chi connectivity index (χ3n) is 5.01. The average Bonchev–Trinajstić information content (AvgIpc) is 2.89. The van der Waals surface area contributed by atoms with E-state index in [1.807, 2.05) is 27.0 Å². The Labute approximate surface area is 159 Å². The Bertz CT molecular complexity index is 816. The van der Waals surface area contributed by atoms with Crippen molar-refractivity contribution in [3.05, 3.63) is 47.6 Å². The van der Waals surface area contributed by atoms with E-state index in [4.69, 9.17) is 4.74 Å². The predicted octanol–water partition coefficient (Wildman–Crippen LogP) is 1.92. The summed E-state index contributed by atoms with van der Waals surface area (Å²) < 4.78 is 7.64. The number of pyridine rings is 1. The Kier molecular flexibility index (Phi) is 5.91. The lowest BCUT2D eigenvalue weighted by atomic mass is 9.89. The van der Waals surface area contributed by atoms with Crippen LogP contribution in [-0.4, -0.2) is 44.0 Å². The molecular formula is C20H26N4O3. The summed E-state index contributed by atoms with van der Waals surface area (Å²) in [4.78, 5) is 16.4. The minimum absolute atomic E-state index is 0.233. The van der Waals surface area contributed by atoms with Crippen molar-refractivity contribution in [3.63, 3.8) is 0 Å². The number of carbonyl (C=O) groups is 1. The highest BCUT2D eigenvalue weighted by molar-refractivity contribution is 5.92. The number of nitrogens with zero attached hydrogens (tertiary/aromatic N) is 3. The summed E-state index contributed by atoms with van der Waals surface area (Å²) in [6.45, 7) is 3.87. The number of aliphatic hydroxyl groups is 1. The number of hydrogen-bond donors (Lipinski definition) is 2. The van der Waals surface area contributed by atoms with Gasteiger partial charge in [-0.25, -0.2) is 0 Å². The topological polar surface area (TPSA) is 89.3 Å². The molecular weight excluding hydrogens is 344 g/mol. The van der Waals surface area contributed by atoms with Gasteiger partial charge < -0.3 is 15.2 Å². The maximum Gasteiger partial charge on any atom is 0.244 e. The monoisotopic (exact) mass is 370 g/mol. The van der Waals surface area contributed by atoms with E-state index in [-0.39, 0.29) is 18.1 Å². The fourth-order valence-corrected chi connectivity index (χ4v) is 3.44. The van der Waals surface area contributed by atoms with Crippen LogP contribution in [-0.2, 0) is 11.8 Å². The van der Waals surface area contributed by atoms with Crippen LogP contribution < -0.4 is 10.1 Å². The third kappa shape index (κ3) is 4.54. The number of aliphatic hydroxyl groups excluding tert-OH is 1. The molecule has 3 rings (SSSR count). The molecule has 0 aliphatic heterocycles. The van der Waals surface area contributed by atoms with Gasteiger partial charge in [0, 0.05) is 30.6 Å². The molecule has 1 aliphatic carbocycles. The first kappa shape index (κ1) is 19.1. The zero-order valence-electron chi connectivity index (χ0n) is 15.9. The van der Waals surface area contributed by atoms with E-state index in [1.165, 1.54) is 6.08 Å². The second kappa shape index (κ2) is 8.35. The molecule has 144 valence electrons. The Morgan fingerprint density at radius 2 is 2.22 bits per heavy atom. The van der Waals surface area contributed by atoms with Crippen LogP contribution in [0.25, 0.3) is 6.08 Å². The number of aromatic nitrogens is 3. The van der Waals surface area contributed by atoms with Gasteiger partial charge in [-0.05, 0) is 51.3 Å². The molecule has 0 unspecified atom stereocenters. The molecule has 3 atom stereocenters. The fourth-order valence-electron chi connectivity index (χ4n) is 3.44. The summed E-state index contributed by atoms with van der Waals surface area (Å²) >= 11 is 0. The Balaban J connectivity index is 1.60. The first-order valence-electron chi connectivity index (χ1n) is 9.19. The molecule has 2 aromatic heterocycles. The van der Waals surface area contributed by atoms with E-state index in [9.17, 15) is 9.90 Å². The van der Waals surface area contributed by atoms with Crippen LogP contribution in [0.2, 0.25) is 0 Å². The summed E-state index contributed by atoms with van der Waals surface area (Å²) in [5.74, 6) is 0.389. The van der Waals surface area contributed by atoms with Crippen LogP contribution in [0.15, 0.2) is 30.6 Å². The van der Waals surface area contributed by atoms with Crippen LogP contribution in [0.5, 0.6) is 5.75 Å². The first-order valence-corrected chi connectivity index (χ1v) is 9.19. The summed E-state index contributed by atoms with van der Waals surface area (Å²) in [6.07, 6.45) is 7.77. The van der Waals surface area contributed by atoms with Crippen molar-refractivity contribution in [1.82, 2.24) is 20.1 Å². The maximum absolute atomic E-state index is 12.3. The van der Waals surface area contributed by atoms with Gasteiger partial charge >= 0.3 is 0 Å². The highest BCUT2D eigenvalue weighted by atomic mass is 16.5. The van der Waals surface area contributed by atoms with Crippen molar-refractivity contribution in [2.45, 2.75) is 51.4 Å². The SMILES string of the molecule is Cc1nn(C)c(C)c1C=CC(=O)N[C@@H]1CCC[C@@H](Oc2cccnc2)[C@@H]1O. The molecule has 0 spiro atoms. The quantitative estimate of drug-likeness (QED) is 0.785. The molecule has 0 aromatic carbocycles. The zero-order chi connectivity index (χ0) is 19.4. The fraction of sp³-hybridized carbons (Fsp3) is 0.450. The van der Waals surface area contributed by atoms with Gasteiger partial charge in [0.1, 0.15) is 18.0 Å². The number of hydrogen-bond acceptors (Lipinski definition) is 5. The Morgan fingerprint density at radius 3 is 2.89 bits per heavy atom. The van der Waals surface area contributed by atoms with Crippen LogP contribution in [0, 0.1) is 13.8 Å². The molecule has 27 heavy (non-hydrogen) atoms. The molecule has 2 heterocycles. The summed E-state index contributed by atoms with van der Waals surface area (Å²) in [6, 6.07) is 3.26. The molecule has 0 radical (unpaired) electrons. The lowest BCUT2D eigenvalue weighted by Crippen LogP contribution is -2.52. The predicted molar refractivity (Wildman–Crippen MR) is 102 cm³/mol. The molecule has 1 amide bonds. The smallest absolute Gasteiger partial charge is 0.244 e. The maximum atomic E-state index is 12.3. The van der Waals surface area contributed by atoms with Gasteiger partial charge in [-0.15, -0.1) is 0 Å². The number of rotatable bonds is 5. The number of ether oxygens (including phenoxy) is 1. The Hall–Kier alpha value is -2.67.